The van der Waals surface area contributed by atoms with E-state index in [-0.39, 0.29) is 12.0 Å². The summed E-state index contributed by atoms with van der Waals surface area (Å²) in [7, 11) is 0. The molecule has 6 heteroatoms. The first-order valence-corrected chi connectivity index (χ1v) is 5.73. The number of hydrogen-bond acceptors (Lipinski definition) is 2. The molecule has 1 atom stereocenters. The highest BCUT2D eigenvalue weighted by atomic mass is 79.9. The van der Waals surface area contributed by atoms with E-state index in [1.165, 1.54) is 12.1 Å². The third-order valence-electron chi connectivity index (χ3n) is 2.18. The number of nitrogens with one attached hydrogen (secondary N) is 1. The highest BCUT2D eigenvalue weighted by molar-refractivity contribution is 9.10. The Kier molecular flexibility index (Phi) is 4.62. The first kappa shape index (κ1) is 13.6. The smallest absolute Gasteiger partial charge is 0.326 e. The Balaban J connectivity index is 2.89. The maximum Gasteiger partial charge on any atom is 0.326 e. The number of amides is 1. The van der Waals surface area contributed by atoms with Gasteiger partial charge in [0.05, 0.1) is 5.56 Å². The van der Waals surface area contributed by atoms with E-state index in [1.54, 1.807) is 6.92 Å². The molecule has 0 aliphatic carbocycles. The van der Waals surface area contributed by atoms with E-state index < -0.39 is 23.7 Å². The molecule has 0 spiro atoms. The van der Waals surface area contributed by atoms with Gasteiger partial charge in [-0.3, -0.25) is 4.79 Å². The Labute approximate surface area is 106 Å². The van der Waals surface area contributed by atoms with Crippen molar-refractivity contribution in [2.24, 2.45) is 0 Å². The summed E-state index contributed by atoms with van der Waals surface area (Å²) in [6.07, 6.45) is 0.258. The maximum atomic E-state index is 13.0. The lowest BCUT2D eigenvalue weighted by atomic mass is 10.1. The van der Waals surface area contributed by atoms with E-state index in [2.05, 4.69) is 21.2 Å². The number of hydrogen-bond donors (Lipinski definition) is 2. The van der Waals surface area contributed by atoms with Crippen molar-refractivity contribution in [1.29, 1.82) is 0 Å². The number of rotatable bonds is 4. The number of benzene rings is 1. The lowest BCUT2D eigenvalue weighted by Gasteiger charge is -2.12. The largest absolute Gasteiger partial charge is 0.480 e. The molecule has 0 aliphatic rings. The zero-order valence-corrected chi connectivity index (χ0v) is 10.6. The summed E-state index contributed by atoms with van der Waals surface area (Å²) in [4.78, 5) is 22.5. The van der Waals surface area contributed by atoms with Crippen molar-refractivity contribution in [1.82, 2.24) is 5.32 Å². The summed E-state index contributed by atoms with van der Waals surface area (Å²) in [6.45, 7) is 1.64. The molecule has 0 saturated heterocycles. The molecule has 1 amide bonds. The van der Waals surface area contributed by atoms with E-state index in [9.17, 15) is 14.0 Å². The fourth-order valence-corrected chi connectivity index (χ4v) is 1.67. The van der Waals surface area contributed by atoms with Crippen LogP contribution in [0.1, 0.15) is 23.7 Å². The first-order chi connectivity index (χ1) is 7.95. The summed E-state index contributed by atoms with van der Waals surface area (Å²) in [5, 5.41) is 11.1. The lowest BCUT2D eigenvalue weighted by molar-refractivity contribution is -0.139. The van der Waals surface area contributed by atoms with Crippen molar-refractivity contribution in [2.45, 2.75) is 19.4 Å². The molecule has 0 saturated carbocycles. The molecule has 1 aromatic carbocycles. The van der Waals surface area contributed by atoms with E-state index >= 15 is 0 Å². The molecule has 0 aliphatic heterocycles. The Morgan fingerprint density at radius 3 is 2.71 bits per heavy atom. The van der Waals surface area contributed by atoms with Crippen LogP contribution in [0.3, 0.4) is 0 Å². The number of carbonyl (C=O) groups excluding carboxylic acids is 1. The Morgan fingerprint density at radius 1 is 1.53 bits per heavy atom. The molecule has 17 heavy (non-hydrogen) atoms. The summed E-state index contributed by atoms with van der Waals surface area (Å²) in [5.74, 6) is -2.29. The van der Waals surface area contributed by atoms with Crippen LogP contribution in [-0.2, 0) is 4.79 Å². The van der Waals surface area contributed by atoms with Crippen molar-refractivity contribution < 1.29 is 19.1 Å². The summed E-state index contributed by atoms with van der Waals surface area (Å²) >= 11 is 3.10. The molecule has 92 valence electrons. The van der Waals surface area contributed by atoms with Crippen LogP contribution in [0.25, 0.3) is 0 Å². The van der Waals surface area contributed by atoms with Crippen LogP contribution in [0.4, 0.5) is 4.39 Å². The van der Waals surface area contributed by atoms with Gasteiger partial charge in [-0.25, -0.2) is 9.18 Å². The normalized spacial score (nSPS) is 11.9. The molecule has 1 unspecified atom stereocenters. The average Bonchev–Trinajstić information content (AvgIpc) is 2.28. The second-order valence-corrected chi connectivity index (χ2v) is 4.25. The molecule has 2 N–H and O–H groups in total. The molecular formula is C11H11BrFNO3. The summed E-state index contributed by atoms with van der Waals surface area (Å²) in [6, 6.07) is 2.67. The monoisotopic (exact) mass is 303 g/mol. The van der Waals surface area contributed by atoms with E-state index in [1.807, 2.05) is 0 Å². The Morgan fingerprint density at radius 2 is 2.18 bits per heavy atom. The number of aliphatic carboxylic acids is 1. The predicted molar refractivity (Wildman–Crippen MR) is 63.3 cm³/mol. The molecule has 0 radical (unpaired) electrons. The minimum atomic E-state index is -1.12. The second kappa shape index (κ2) is 5.77. The second-order valence-electron chi connectivity index (χ2n) is 3.40. The third kappa shape index (κ3) is 3.52. The van der Waals surface area contributed by atoms with Gasteiger partial charge in [-0.15, -0.1) is 0 Å². The third-order valence-corrected chi connectivity index (χ3v) is 2.88. The van der Waals surface area contributed by atoms with Gasteiger partial charge >= 0.3 is 5.97 Å². The van der Waals surface area contributed by atoms with E-state index in [0.717, 1.165) is 6.07 Å². The summed E-state index contributed by atoms with van der Waals surface area (Å²) < 4.78 is 13.4. The van der Waals surface area contributed by atoms with Gasteiger partial charge < -0.3 is 10.4 Å². The molecular weight excluding hydrogens is 293 g/mol. The molecule has 1 rings (SSSR count). The minimum absolute atomic E-state index is 0.0738. The van der Waals surface area contributed by atoms with Crippen molar-refractivity contribution in [3.05, 3.63) is 34.1 Å². The fourth-order valence-electron chi connectivity index (χ4n) is 1.25. The van der Waals surface area contributed by atoms with Crippen molar-refractivity contribution in [3.63, 3.8) is 0 Å². The van der Waals surface area contributed by atoms with Crippen molar-refractivity contribution in [2.75, 3.05) is 0 Å². The number of carboxylic acids is 1. The molecule has 1 aromatic rings. The van der Waals surface area contributed by atoms with E-state index in [4.69, 9.17) is 5.11 Å². The van der Waals surface area contributed by atoms with Gasteiger partial charge in [-0.2, -0.15) is 0 Å². The van der Waals surface area contributed by atoms with Crippen LogP contribution >= 0.6 is 15.9 Å². The van der Waals surface area contributed by atoms with Crippen LogP contribution < -0.4 is 5.32 Å². The van der Waals surface area contributed by atoms with Gasteiger partial charge in [0, 0.05) is 4.47 Å². The molecule has 0 heterocycles. The Hall–Kier alpha value is -1.43. The van der Waals surface area contributed by atoms with Crippen LogP contribution in [0.5, 0.6) is 0 Å². The van der Waals surface area contributed by atoms with Gasteiger partial charge in [-0.05, 0) is 40.5 Å². The van der Waals surface area contributed by atoms with Gasteiger partial charge in [0.15, 0.2) is 0 Å². The van der Waals surface area contributed by atoms with Crippen LogP contribution in [0.15, 0.2) is 22.7 Å². The van der Waals surface area contributed by atoms with Crippen LogP contribution in [0.2, 0.25) is 0 Å². The highest BCUT2D eigenvalue weighted by Crippen LogP contribution is 2.17. The molecule has 4 nitrogen and oxygen atoms in total. The predicted octanol–water partition coefficient (Wildman–Crippen LogP) is 2.18. The zero-order valence-electron chi connectivity index (χ0n) is 9.04. The lowest BCUT2D eigenvalue weighted by Crippen LogP contribution is -2.40. The van der Waals surface area contributed by atoms with Gasteiger partial charge in [0.25, 0.3) is 5.91 Å². The van der Waals surface area contributed by atoms with Gasteiger partial charge in [0.2, 0.25) is 0 Å². The van der Waals surface area contributed by atoms with Crippen molar-refractivity contribution in [3.8, 4) is 0 Å². The SMILES string of the molecule is CCC(NC(=O)c1cc(F)ccc1Br)C(=O)O. The fraction of sp³-hybridized carbons (Fsp3) is 0.273. The molecule has 0 bridgehead atoms. The number of carbonyl (C=O) groups is 2. The quantitative estimate of drug-likeness (QED) is 0.896. The standard InChI is InChI=1S/C11H11BrFNO3/c1-2-9(11(16)17)14-10(15)7-5-6(13)3-4-8(7)12/h3-5,9H,2H2,1H3,(H,14,15)(H,16,17). The topological polar surface area (TPSA) is 66.4 Å². The minimum Gasteiger partial charge on any atom is -0.480 e. The average molecular weight is 304 g/mol. The van der Waals surface area contributed by atoms with Gasteiger partial charge in [-0.1, -0.05) is 6.92 Å². The first-order valence-electron chi connectivity index (χ1n) is 4.94. The number of carboxylic acid groups (broad SMARTS) is 1. The van der Waals surface area contributed by atoms with E-state index in [0.29, 0.717) is 4.47 Å². The molecule has 0 fully saturated rings. The zero-order chi connectivity index (χ0) is 13.0. The van der Waals surface area contributed by atoms with Gasteiger partial charge in [0.1, 0.15) is 11.9 Å². The Bertz CT molecular complexity index is 450. The van der Waals surface area contributed by atoms with Crippen molar-refractivity contribution >= 4 is 27.8 Å². The summed E-state index contributed by atoms with van der Waals surface area (Å²) in [5.41, 5.74) is 0.0738. The number of halogens is 2. The van der Waals surface area contributed by atoms with Crippen LogP contribution in [0, 0.1) is 5.82 Å². The molecule has 0 aromatic heterocycles. The highest BCUT2D eigenvalue weighted by Gasteiger charge is 2.20. The maximum absolute atomic E-state index is 13.0. The van der Waals surface area contributed by atoms with Crippen LogP contribution in [-0.4, -0.2) is 23.0 Å².